The third kappa shape index (κ3) is 5.01. The van der Waals surface area contributed by atoms with Crippen LogP contribution in [0.25, 0.3) is 0 Å². The molecule has 6 heteroatoms. The molecule has 0 aromatic heterocycles. The van der Waals surface area contributed by atoms with Crippen molar-refractivity contribution in [2.45, 2.75) is 19.8 Å². The van der Waals surface area contributed by atoms with Crippen molar-refractivity contribution in [1.82, 2.24) is 4.90 Å². The van der Waals surface area contributed by atoms with Crippen molar-refractivity contribution in [1.29, 1.82) is 0 Å². The van der Waals surface area contributed by atoms with Crippen LogP contribution in [0, 0.1) is 12.8 Å². The number of carbonyl (C=O) groups excluding carboxylic acids is 2. The molecule has 2 aromatic rings. The standard InChI is InChI=1S/C21H23ClN2O3/c1-15-18(22)8-5-9-19(15)23-21(26)16-10-12-24(13-11-16)20(25)14-27-17-6-3-2-4-7-17/h2-9,16H,10-14H2,1H3,(H,23,26). The zero-order valence-electron chi connectivity index (χ0n) is 15.3. The Morgan fingerprint density at radius 2 is 1.81 bits per heavy atom. The molecule has 1 heterocycles. The number of anilines is 1. The topological polar surface area (TPSA) is 58.6 Å². The molecule has 0 aliphatic carbocycles. The monoisotopic (exact) mass is 386 g/mol. The second-order valence-corrected chi connectivity index (χ2v) is 7.07. The van der Waals surface area contributed by atoms with Crippen molar-refractivity contribution in [3.63, 3.8) is 0 Å². The maximum absolute atomic E-state index is 12.5. The zero-order chi connectivity index (χ0) is 19.2. The Morgan fingerprint density at radius 1 is 1.11 bits per heavy atom. The highest BCUT2D eigenvalue weighted by Gasteiger charge is 2.27. The summed E-state index contributed by atoms with van der Waals surface area (Å²) in [5.74, 6) is 0.496. The maximum atomic E-state index is 12.5. The van der Waals surface area contributed by atoms with Crippen LogP contribution in [0.5, 0.6) is 5.75 Å². The number of ether oxygens (including phenoxy) is 1. The fourth-order valence-corrected chi connectivity index (χ4v) is 3.30. The highest BCUT2D eigenvalue weighted by molar-refractivity contribution is 6.31. The van der Waals surface area contributed by atoms with E-state index in [9.17, 15) is 9.59 Å². The third-order valence-corrected chi connectivity index (χ3v) is 5.26. The third-order valence-electron chi connectivity index (χ3n) is 4.85. The Kier molecular flexibility index (Phi) is 6.35. The molecule has 0 atom stereocenters. The van der Waals surface area contributed by atoms with E-state index in [0.717, 1.165) is 11.3 Å². The summed E-state index contributed by atoms with van der Waals surface area (Å²) in [6.45, 7) is 3.02. The van der Waals surface area contributed by atoms with E-state index in [4.69, 9.17) is 16.3 Å². The zero-order valence-corrected chi connectivity index (χ0v) is 16.0. The van der Waals surface area contributed by atoms with E-state index < -0.39 is 0 Å². The molecule has 2 amide bonds. The fraction of sp³-hybridized carbons (Fsp3) is 0.333. The van der Waals surface area contributed by atoms with E-state index in [-0.39, 0.29) is 24.3 Å². The first-order chi connectivity index (χ1) is 13.0. The summed E-state index contributed by atoms with van der Waals surface area (Å²) < 4.78 is 5.52. The predicted octanol–water partition coefficient (Wildman–Crippen LogP) is 3.90. The molecule has 0 spiro atoms. The minimum absolute atomic E-state index is 0.0165. The van der Waals surface area contributed by atoms with Gasteiger partial charge in [0, 0.05) is 29.7 Å². The average Bonchev–Trinajstić information content (AvgIpc) is 2.70. The average molecular weight is 387 g/mol. The molecule has 5 nitrogen and oxygen atoms in total. The normalized spacial score (nSPS) is 14.7. The van der Waals surface area contributed by atoms with Gasteiger partial charge >= 0.3 is 0 Å². The molecule has 0 unspecified atom stereocenters. The van der Waals surface area contributed by atoms with Crippen LogP contribution in [-0.2, 0) is 9.59 Å². The first-order valence-electron chi connectivity index (χ1n) is 9.06. The summed E-state index contributed by atoms with van der Waals surface area (Å²) in [6.07, 6.45) is 1.28. The molecule has 0 saturated carbocycles. The van der Waals surface area contributed by atoms with Gasteiger partial charge in [-0.1, -0.05) is 35.9 Å². The maximum Gasteiger partial charge on any atom is 0.260 e. The van der Waals surface area contributed by atoms with Crippen LogP contribution in [0.1, 0.15) is 18.4 Å². The first kappa shape index (κ1) is 19.2. The van der Waals surface area contributed by atoms with Crippen LogP contribution < -0.4 is 10.1 Å². The lowest BCUT2D eigenvalue weighted by Crippen LogP contribution is -2.43. The van der Waals surface area contributed by atoms with E-state index in [1.807, 2.05) is 49.4 Å². The molecular formula is C21H23ClN2O3. The lowest BCUT2D eigenvalue weighted by Gasteiger charge is -2.31. The number of nitrogens with one attached hydrogen (secondary N) is 1. The second-order valence-electron chi connectivity index (χ2n) is 6.66. The van der Waals surface area contributed by atoms with Gasteiger partial charge in [0.1, 0.15) is 5.75 Å². The van der Waals surface area contributed by atoms with E-state index in [1.54, 1.807) is 11.0 Å². The van der Waals surface area contributed by atoms with Gasteiger partial charge in [-0.2, -0.15) is 0 Å². The summed E-state index contributed by atoms with van der Waals surface area (Å²) >= 11 is 6.10. The van der Waals surface area contributed by atoms with E-state index in [1.165, 1.54) is 0 Å². The lowest BCUT2D eigenvalue weighted by atomic mass is 9.95. The van der Waals surface area contributed by atoms with Gasteiger partial charge in [0.15, 0.2) is 6.61 Å². The molecule has 1 aliphatic heterocycles. The number of piperidine rings is 1. The Hall–Kier alpha value is -2.53. The number of benzene rings is 2. The molecule has 1 N–H and O–H groups in total. The van der Waals surface area contributed by atoms with Crippen LogP contribution in [-0.4, -0.2) is 36.4 Å². The molecular weight excluding hydrogens is 364 g/mol. The quantitative estimate of drug-likeness (QED) is 0.847. The fourth-order valence-electron chi connectivity index (χ4n) is 3.12. The molecule has 3 rings (SSSR count). The molecule has 1 aliphatic rings. The number of carbonyl (C=O) groups is 2. The minimum Gasteiger partial charge on any atom is -0.484 e. The first-order valence-corrected chi connectivity index (χ1v) is 9.44. The van der Waals surface area contributed by atoms with Gasteiger partial charge in [0.2, 0.25) is 5.91 Å². The summed E-state index contributed by atoms with van der Waals surface area (Å²) in [6, 6.07) is 14.7. The number of likely N-dealkylation sites (tertiary alicyclic amines) is 1. The van der Waals surface area contributed by atoms with Crippen molar-refractivity contribution in [3.05, 3.63) is 59.1 Å². The number of nitrogens with zero attached hydrogens (tertiary/aromatic N) is 1. The predicted molar refractivity (Wildman–Crippen MR) is 106 cm³/mol. The summed E-state index contributed by atoms with van der Waals surface area (Å²) in [4.78, 5) is 26.6. The van der Waals surface area contributed by atoms with Gasteiger partial charge in [-0.05, 0) is 49.6 Å². The molecule has 0 bridgehead atoms. The second kappa shape index (κ2) is 8.91. The van der Waals surface area contributed by atoms with E-state index >= 15 is 0 Å². The van der Waals surface area contributed by atoms with Crippen molar-refractivity contribution in [2.24, 2.45) is 5.92 Å². The van der Waals surface area contributed by atoms with Gasteiger partial charge in [0.25, 0.3) is 5.91 Å². The Morgan fingerprint density at radius 3 is 2.52 bits per heavy atom. The molecule has 1 fully saturated rings. The summed E-state index contributed by atoms with van der Waals surface area (Å²) in [7, 11) is 0. The largest absolute Gasteiger partial charge is 0.484 e. The van der Waals surface area contributed by atoms with Gasteiger partial charge in [-0.3, -0.25) is 9.59 Å². The highest BCUT2D eigenvalue weighted by Crippen LogP contribution is 2.25. The molecule has 2 aromatic carbocycles. The van der Waals surface area contributed by atoms with Crippen LogP contribution in [0.3, 0.4) is 0 Å². The van der Waals surface area contributed by atoms with Gasteiger partial charge < -0.3 is 15.0 Å². The molecule has 142 valence electrons. The van der Waals surface area contributed by atoms with Crippen molar-refractivity contribution >= 4 is 29.1 Å². The van der Waals surface area contributed by atoms with E-state index in [0.29, 0.717) is 36.7 Å². The summed E-state index contributed by atoms with van der Waals surface area (Å²) in [5, 5.41) is 3.59. The Balaban J connectivity index is 1.47. The number of amides is 2. The highest BCUT2D eigenvalue weighted by atomic mass is 35.5. The van der Waals surface area contributed by atoms with Crippen molar-refractivity contribution in [2.75, 3.05) is 25.0 Å². The van der Waals surface area contributed by atoms with Crippen LogP contribution in [0.2, 0.25) is 5.02 Å². The number of hydrogen-bond donors (Lipinski definition) is 1. The van der Waals surface area contributed by atoms with Crippen LogP contribution >= 0.6 is 11.6 Å². The molecule has 0 radical (unpaired) electrons. The number of hydrogen-bond acceptors (Lipinski definition) is 3. The van der Waals surface area contributed by atoms with Gasteiger partial charge in [-0.25, -0.2) is 0 Å². The minimum atomic E-state index is -0.109. The lowest BCUT2D eigenvalue weighted by molar-refractivity contribution is -0.136. The smallest absolute Gasteiger partial charge is 0.260 e. The molecule has 27 heavy (non-hydrogen) atoms. The Bertz CT molecular complexity index is 802. The van der Waals surface area contributed by atoms with Crippen LogP contribution in [0.4, 0.5) is 5.69 Å². The Labute approximate surface area is 164 Å². The SMILES string of the molecule is Cc1c(Cl)cccc1NC(=O)C1CCN(C(=O)COc2ccccc2)CC1. The number of para-hydroxylation sites is 1. The number of rotatable bonds is 5. The van der Waals surface area contributed by atoms with Crippen molar-refractivity contribution in [3.8, 4) is 5.75 Å². The molecule has 1 saturated heterocycles. The summed E-state index contributed by atoms with van der Waals surface area (Å²) in [5.41, 5.74) is 1.60. The van der Waals surface area contributed by atoms with Gasteiger partial charge in [0.05, 0.1) is 0 Å². The number of halogens is 1. The van der Waals surface area contributed by atoms with Crippen molar-refractivity contribution < 1.29 is 14.3 Å². The van der Waals surface area contributed by atoms with Crippen LogP contribution in [0.15, 0.2) is 48.5 Å². The van der Waals surface area contributed by atoms with E-state index in [2.05, 4.69) is 5.32 Å². The van der Waals surface area contributed by atoms with Gasteiger partial charge in [-0.15, -0.1) is 0 Å².